The number of nitrogens with two attached hydrogens (primary N) is 1. The van der Waals surface area contributed by atoms with Gasteiger partial charge in [-0.05, 0) is 32.6 Å². The average Bonchev–Trinajstić information content (AvgIpc) is 2.84. The molecule has 2 rings (SSSR count). The smallest absolute Gasteiger partial charge is 0.251 e. The molecule has 0 saturated carbocycles. The summed E-state index contributed by atoms with van der Waals surface area (Å²) < 4.78 is 5.62. The first-order valence-corrected chi connectivity index (χ1v) is 5.88. The van der Waals surface area contributed by atoms with E-state index in [9.17, 15) is 4.79 Å². The van der Waals surface area contributed by atoms with E-state index in [0.717, 1.165) is 32.2 Å². The lowest BCUT2D eigenvalue weighted by molar-refractivity contribution is -0.143. The van der Waals surface area contributed by atoms with Crippen molar-refractivity contribution in [2.45, 2.75) is 50.9 Å². The van der Waals surface area contributed by atoms with Gasteiger partial charge in [0.2, 0.25) is 0 Å². The molecule has 2 saturated heterocycles. The number of carbonyl (C=O) groups is 1. The molecule has 3 atom stereocenters. The van der Waals surface area contributed by atoms with Gasteiger partial charge in [-0.25, -0.2) is 0 Å². The summed E-state index contributed by atoms with van der Waals surface area (Å²) in [6, 6.07) is 0.387. The Kier molecular flexibility index (Phi) is 5.02. The number of ether oxygens (including phenoxy) is 1. The highest BCUT2D eigenvalue weighted by Gasteiger charge is 2.35. The monoisotopic (exact) mass is 248 g/mol. The maximum Gasteiger partial charge on any atom is 0.251 e. The van der Waals surface area contributed by atoms with Gasteiger partial charge in [-0.3, -0.25) is 4.79 Å². The van der Waals surface area contributed by atoms with Gasteiger partial charge < -0.3 is 15.4 Å². The molecule has 0 aromatic rings. The molecule has 94 valence electrons. The van der Waals surface area contributed by atoms with Gasteiger partial charge in [-0.1, -0.05) is 0 Å². The molecule has 16 heavy (non-hydrogen) atoms. The van der Waals surface area contributed by atoms with Crippen molar-refractivity contribution in [2.75, 3.05) is 13.1 Å². The van der Waals surface area contributed by atoms with E-state index in [1.54, 1.807) is 0 Å². The van der Waals surface area contributed by atoms with E-state index in [1.807, 2.05) is 4.90 Å². The predicted molar refractivity (Wildman–Crippen MR) is 64.6 cm³/mol. The number of halogens is 1. The fourth-order valence-electron chi connectivity index (χ4n) is 2.51. The Morgan fingerprint density at radius 2 is 2.19 bits per heavy atom. The predicted octanol–water partition coefficient (Wildman–Crippen LogP) is 0.925. The lowest BCUT2D eigenvalue weighted by Crippen LogP contribution is -2.41. The van der Waals surface area contributed by atoms with Crippen molar-refractivity contribution < 1.29 is 9.53 Å². The van der Waals surface area contributed by atoms with Crippen LogP contribution in [-0.4, -0.2) is 42.1 Å². The highest BCUT2D eigenvalue weighted by atomic mass is 35.5. The normalized spacial score (nSPS) is 33.9. The van der Waals surface area contributed by atoms with Crippen molar-refractivity contribution in [3.63, 3.8) is 0 Å². The second-order valence-electron chi connectivity index (χ2n) is 4.58. The zero-order chi connectivity index (χ0) is 10.8. The summed E-state index contributed by atoms with van der Waals surface area (Å²) in [7, 11) is 0. The SMILES string of the molecule is CC1CCCN1C(=O)[C@@H]1CC[C@H](CN)O1.Cl. The Hall–Kier alpha value is -0.320. The number of hydrogen-bond acceptors (Lipinski definition) is 3. The summed E-state index contributed by atoms with van der Waals surface area (Å²) >= 11 is 0. The molecule has 0 aromatic heterocycles. The van der Waals surface area contributed by atoms with Crippen molar-refractivity contribution in [1.29, 1.82) is 0 Å². The molecule has 1 unspecified atom stereocenters. The van der Waals surface area contributed by atoms with Crippen LogP contribution in [0.25, 0.3) is 0 Å². The first-order valence-electron chi connectivity index (χ1n) is 5.88. The standard InChI is InChI=1S/C11H20N2O2.ClH/c1-8-3-2-6-13(8)11(14)10-5-4-9(7-12)15-10;/h8-10H,2-7,12H2,1H3;1H/t8?,9-,10+;/m1./s1. The van der Waals surface area contributed by atoms with Gasteiger partial charge >= 0.3 is 0 Å². The lowest BCUT2D eigenvalue weighted by atomic mass is 10.1. The third-order valence-corrected chi connectivity index (χ3v) is 3.48. The van der Waals surface area contributed by atoms with E-state index >= 15 is 0 Å². The van der Waals surface area contributed by atoms with Crippen molar-refractivity contribution >= 4 is 18.3 Å². The molecule has 5 heteroatoms. The molecular formula is C11H21ClN2O2. The maximum atomic E-state index is 12.1. The Labute approximate surface area is 103 Å². The minimum atomic E-state index is -0.223. The van der Waals surface area contributed by atoms with Crippen molar-refractivity contribution in [1.82, 2.24) is 4.90 Å². The Balaban J connectivity index is 0.00000128. The van der Waals surface area contributed by atoms with E-state index in [2.05, 4.69) is 6.92 Å². The van der Waals surface area contributed by atoms with Gasteiger partial charge in [-0.15, -0.1) is 12.4 Å². The number of likely N-dealkylation sites (tertiary alicyclic amines) is 1. The Morgan fingerprint density at radius 1 is 1.44 bits per heavy atom. The van der Waals surface area contributed by atoms with Gasteiger partial charge in [0.25, 0.3) is 5.91 Å². The Bertz CT molecular complexity index is 250. The van der Waals surface area contributed by atoms with E-state index in [4.69, 9.17) is 10.5 Å². The van der Waals surface area contributed by atoms with Crippen LogP contribution in [0.4, 0.5) is 0 Å². The molecule has 0 aromatic carbocycles. The quantitative estimate of drug-likeness (QED) is 0.791. The van der Waals surface area contributed by atoms with E-state index in [-0.39, 0.29) is 30.5 Å². The van der Waals surface area contributed by atoms with Crippen LogP contribution in [0.1, 0.15) is 32.6 Å². The molecule has 2 N–H and O–H groups in total. The molecular weight excluding hydrogens is 228 g/mol. The van der Waals surface area contributed by atoms with Crippen molar-refractivity contribution in [3.8, 4) is 0 Å². The van der Waals surface area contributed by atoms with Crippen LogP contribution in [0.2, 0.25) is 0 Å². The molecule has 4 nitrogen and oxygen atoms in total. The summed E-state index contributed by atoms with van der Waals surface area (Å²) in [6.45, 7) is 3.53. The van der Waals surface area contributed by atoms with E-state index in [0.29, 0.717) is 12.6 Å². The molecule has 0 spiro atoms. The molecule has 2 fully saturated rings. The highest BCUT2D eigenvalue weighted by Crippen LogP contribution is 2.24. The summed E-state index contributed by atoms with van der Waals surface area (Å²) in [4.78, 5) is 14.0. The van der Waals surface area contributed by atoms with Crippen LogP contribution in [0.15, 0.2) is 0 Å². The molecule has 0 aliphatic carbocycles. The third-order valence-electron chi connectivity index (χ3n) is 3.48. The second kappa shape index (κ2) is 5.84. The topological polar surface area (TPSA) is 55.6 Å². The van der Waals surface area contributed by atoms with Crippen LogP contribution in [0.3, 0.4) is 0 Å². The van der Waals surface area contributed by atoms with Gasteiger partial charge in [0, 0.05) is 19.1 Å². The summed E-state index contributed by atoms with van der Waals surface area (Å²) in [5.41, 5.74) is 5.53. The summed E-state index contributed by atoms with van der Waals surface area (Å²) in [6.07, 6.45) is 3.88. The molecule has 0 bridgehead atoms. The van der Waals surface area contributed by atoms with Gasteiger partial charge in [0.05, 0.1) is 6.10 Å². The zero-order valence-electron chi connectivity index (χ0n) is 9.72. The zero-order valence-corrected chi connectivity index (χ0v) is 10.5. The van der Waals surface area contributed by atoms with Gasteiger partial charge in [0.15, 0.2) is 0 Å². The first-order chi connectivity index (χ1) is 7.22. The number of hydrogen-bond donors (Lipinski definition) is 1. The molecule has 0 radical (unpaired) electrons. The minimum Gasteiger partial charge on any atom is -0.364 e. The highest BCUT2D eigenvalue weighted by molar-refractivity contribution is 5.85. The number of carbonyl (C=O) groups excluding carboxylic acids is 1. The van der Waals surface area contributed by atoms with Gasteiger partial charge in [-0.2, -0.15) is 0 Å². The van der Waals surface area contributed by atoms with Crippen LogP contribution in [0, 0.1) is 0 Å². The minimum absolute atomic E-state index is 0. The largest absolute Gasteiger partial charge is 0.364 e. The van der Waals surface area contributed by atoms with Crippen LogP contribution < -0.4 is 5.73 Å². The fraction of sp³-hybridized carbons (Fsp3) is 0.909. The molecule has 2 heterocycles. The second-order valence-corrected chi connectivity index (χ2v) is 4.58. The molecule has 2 aliphatic heterocycles. The van der Waals surface area contributed by atoms with E-state index in [1.165, 1.54) is 0 Å². The Morgan fingerprint density at radius 3 is 2.69 bits per heavy atom. The summed E-state index contributed by atoms with van der Waals surface area (Å²) in [5, 5.41) is 0. The van der Waals surface area contributed by atoms with Gasteiger partial charge in [0.1, 0.15) is 6.10 Å². The van der Waals surface area contributed by atoms with Crippen LogP contribution in [0.5, 0.6) is 0 Å². The first kappa shape index (κ1) is 13.7. The number of amides is 1. The van der Waals surface area contributed by atoms with Crippen molar-refractivity contribution in [2.24, 2.45) is 5.73 Å². The number of rotatable bonds is 2. The molecule has 2 aliphatic rings. The third kappa shape index (κ3) is 2.67. The average molecular weight is 249 g/mol. The number of nitrogens with zero attached hydrogens (tertiary/aromatic N) is 1. The van der Waals surface area contributed by atoms with Crippen molar-refractivity contribution in [3.05, 3.63) is 0 Å². The summed E-state index contributed by atoms with van der Waals surface area (Å²) in [5.74, 6) is 0.177. The fourth-order valence-corrected chi connectivity index (χ4v) is 2.51. The molecule has 1 amide bonds. The van der Waals surface area contributed by atoms with Crippen LogP contribution in [-0.2, 0) is 9.53 Å². The van der Waals surface area contributed by atoms with Crippen LogP contribution >= 0.6 is 12.4 Å². The maximum absolute atomic E-state index is 12.1. The van der Waals surface area contributed by atoms with E-state index < -0.39 is 0 Å². The lowest BCUT2D eigenvalue weighted by Gasteiger charge is -2.24.